The number of benzene rings is 2. The second-order valence-electron chi connectivity index (χ2n) is 8.38. The van der Waals surface area contributed by atoms with Crippen LogP contribution in [-0.2, 0) is 16.0 Å². The van der Waals surface area contributed by atoms with Crippen LogP contribution in [0.15, 0.2) is 42.2 Å². The molecule has 0 amide bonds. The van der Waals surface area contributed by atoms with E-state index < -0.39 is 17.0 Å². The monoisotopic (exact) mass is 398 g/mol. The Morgan fingerprint density at radius 1 is 1.07 bits per heavy atom. The molecule has 0 radical (unpaired) electrons. The fourth-order valence-corrected chi connectivity index (χ4v) is 3.67. The summed E-state index contributed by atoms with van der Waals surface area (Å²) >= 11 is 0. The zero-order valence-electron chi connectivity index (χ0n) is 17.7. The Morgan fingerprint density at radius 3 is 2.38 bits per heavy atom. The summed E-state index contributed by atoms with van der Waals surface area (Å²) in [7, 11) is 0. The van der Waals surface area contributed by atoms with Gasteiger partial charge in [0.15, 0.2) is 17.3 Å². The first kappa shape index (κ1) is 21.1. The molecule has 0 bridgehead atoms. The summed E-state index contributed by atoms with van der Waals surface area (Å²) in [6.45, 7) is 10.6. The van der Waals surface area contributed by atoms with Crippen LogP contribution in [0.25, 0.3) is 5.57 Å². The third kappa shape index (κ3) is 3.92. The summed E-state index contributed by atoms with van der Waals surface area (Å²) in [6, 6.07) is 9.98. The van der Waals surface area contributed by atoms with Crippen LogP contribution < -0.4 is 4.74 Å². The standard InChI is InChI=1S/C24H27FO4/c1-7-15-9-10-16(28-19-11-8-14(2)12-18(19)25)13-17(15)20-21(26)23(3,4)29-24(5,6)22(20)27/h8-13,26H,7H2,1-6H3. The molecule has 1 N–H and O–H groups in total. The first-order valence-corrected chi connectivity index (χ1v) is 9.72. The second kappa shape index (κ2) is 7.30. The molecule has 0 spiro atoms. The van der Waals surface area contributed by atoms with Crippen LogP contribution in [0.5, 0.6) is 11.5 Å². The molecule has 0 saturated heterocycles. The molecule has 0 atom stereocenters. The number of rotatable bonds is 4. The van der Waals surface area contributed by atoms with Gasteiger partial charge < -0.3 is 14.6 Å². The largest absolute Gasteiger partial charge is 0.508 e. The second-order valence-corrected chi connectivity index (χ2v) is 8.38. The number of aliphatic hydroxyl groups is 1. The molecule has 154 valence electrons. The minimum atomic E-state index is -1.09. The molecule has 1 heterocycles. The highest BCUT2D eigenvalue weighted by atomic mass is 19.1. The Balaban J connectivity index is 2.13. The smallest absolute Gasteiger partial charge is 0.198 e. The lowest BCUT2D eigenvalue weighted by molar-refractivity contribution is -0.158. The van der Waals surface area contributed by atoms with Gasteiger partial charge >= 0.3 is 0 Å². The van der Waals surface area contributed by atoms with E-state index in [1.165, 1.54) is 6.07 Å². The van der Waals surface area contributed by atoms with Gasteiger partial charge in [0, 0.05) is 0 Å². The van der Waals surface area contributed by atoms with Gasteiger partial charge in [0.25, 0.3) is 0 Å². The summed E-state index contributed by atoms with van der Waals surface area (Å²) in [5, 5.41) is 10.9. The number of carbonyl (C=O) groups is 1. The number of hydrogen-bond donors (Lipinski definition) is 1. The van der Waals surface area contributed by atoms with E-state index >= 15 is 0 Å². The van der Waals surface area contributed by atoms with Crippen molar-refractivity contribution in [1.82, 2.24) is 0 Å². The number of aryl methyl sites for hydroxylation is 2. The molecule has 0 aliphatic carbocycles. The van der Waals surface area contributed by atoms with Crippen molar-refractivity contribution in [3.8, 4) is 11.5 Å². The summed E-state index contributed by atoms with van der Waals surface area (Å²) < 4.78 is 25.8. The van der Waals surface area contributed by atoms with Gasteiger partial charge in [0.2, 0.25) is 0 Å². The maximum absolute atomic E-state index is 14.2. The van der Waals surface area contributed by atoms with Crippen LogP contribution in [-0.4, -0.2) is 22.1 Å². The predicted octanol–water partition coefficient (Wildman–Crippen LogP) is 5.91. The van der Waals surface area contributed by atoms with Crippen molar-refractivity contribution < 1.29 is 23.8 Å². The molecule has 0 unspecified atom stereocenters. The van der Waals surface area contributed by atoms with Crippen LogP contribution in [0.4, 0.5) is 4.39 Å². The number of Topliss-reactive ketones (excluding diaryl/α,β-unsaturated/α-hetero) is 1. The van der Waals surface area contributed by atoms with Gasteiger partial charge in [-0.15, -0.1) is 0 Å². The van der Waals surface area contributed by atoms with E-state index in [-0.39, 0.29) is 22.9 Å². The summed E-state index contributed by atoms with van der Waals surface area (Å²) in [4.78, 5) is 13.1. The van der Waals surface area contributed by atoms with Crippen LogP contribution >= 0.6 is 0 Å². The number of ether oxygens (including phenoxy) is 2. The zero-order chi connectivity index (χ0) is 21.6. The third-order valence-electron chi connectivity index (χ3n) is 5.14. The Bertz CT molecular complexity index is 1000. The van der Waals surface area contributed by atoms with Crippen LogP contribution in [0.3, 0.4) is 0 Å². The first-order valence-electron chi connectivity index (χ1n) is 9.72. The average molecular weight is 398 g/mol. The van der Waals surface area contributed by atoms with Gasteiger partial charge in [-0.05, 0) is 82.0 Å². The molecule has 1 aliphatic heterocycles. The van der Waals surface area contributed by atoms with E-state index in [1.807, 2.05) is 13.0 Å². The minimum absolute atomic E-state index is 0.1000. The van der Waals surface area contributed by atoms with E-state index in [0.717, 1.165) is 11.1 Å². The Morgan fingerprint density at radius 2 is 1.76 bits per heavy atom. The molecule has 3 rings (SSSR count). The fourth-order valence-electron chi connectivity index (χ4n) is 3.67. The SMILES string of the molecule is CCc1ccc(Oc2ccc(C)cc2F)cc1C1=C(O)C(C)(C)OC(C)(C)C1=O. The van der Waals surface area contributed by atoms with Gasteiger partial charge in [0.05, 0.1) is 5.57 Å². The number of hydrogen-bond acceptors (Lipinski definition) is 4. The minimum Gasteiger partial charge on any atom is -0.508 e. The third-order valence-corrected chi connectivity index (χ3v) is 5.14. The maximum Gasteiger partial charge on any atom is 0.198 e. The Labute approximate surface area is 171 Å². The number of halogens is 1. The van der Waals surface area contributed by atoms with E-state index in [4.69, 9.17) is 9.47 Å². The van der Waals surface area contributed by atoms with Crippen molar-refractivity contribution in [3.05, 3.63) is 64.7 Å². The van der Waals surface area contributed by atoms with Gasteiger partial charge in [-0.1, -0.05) is 19.1 Å². The normalized spacial score (nSPS) is 18.1. The van der Waals surface area contributed by atoms with E-state index in [9.17, 15) is 14.3 Å². The summed E-state index contributed by atoms with van der Waals surface area (Å²) in [6.07, 6.45) is 0.653. The quantitative estimate of drug-likeness (QED) is 0.695. The van der Waals surface area contributed by atoms with Crippen molar-refractivity contribution in [3.63, 3.8) is 0 Å². The predicted molar refractivity (Wildman–Crippen MR) is 111 cm³/mol. The molecule has 29 heavy (non-hydrogen) atoms. The molecule has 2 aromatic carbocycles. The molecule has 5 heteroatoms. The van der Waals surface area contributed by atoms with Crippen molar-refractivity contribution >= 4 is 11.4 Å². The fraction of sp³-hybridized carbons (Fsp3) is 0.375. The average Bonchev–Trinajstić information content (AvgIpc) is 2.62. The van der Waals surface area contributed by atoms with Gasteiger partial charge in [-0.2, -0.15) is 0 Å². The summed E-state index contributed by atoms with van der Waals surface area (Å²) in [5.74, 6) is -0.395. The highest BCUT2D eigenvalue weighted by Gasteiger charge is 2.47. The molecule has 1 aliphatic rings. The number of carbonyl (C=O) groups excluding carboxylic acids is 1. The highest BCUT2D eigenvalue weighted by molar-refractivity contribution is 6.26. The maximum atomic E-state index is 14.2. The molecule has 0 fully saturated rings. The molecule has 2 aromatic rings. The molecule has 0 saturated carbocycles. The molecular weight excluding hydrogens is 371 g/mol. The first-order chi connectivity index (χ1) is 13.5. The Kier molecular flexibility index (Phi) is 5.30. The van der Waals surface area contributed by atoms with Crippen molar-refractivity contribution in [2.45, 2.75) is 59.2 Å². The molecule has 0 aromatic heterocycles. The van der Waals surface area contributed by atoms with Crippen molar-refractivity contribution in [1.29, 1.82) is 0 Å². The lowest BCUT2D eigenvalue weighted by atomic mass is 9.81. The molecule has 4 nitrogen and oxygen atoms in total. The van der Waals surface area contributed by atoms with Crippen molar-refractivity contribution in [2.24, 2.45) is 0 Å². The highest BCUT2D eigenvalue weighted by Crippen LogP contribution is 2.42. The van der Waals surface area contributed by atoms with Crippen molar-refractivity contribution in [2.75, 3.05) is 0 Å². The van der Waals surface area contributed by atoms with Gasteiger partial charge in [-0.25, -0.2) is 4.39 Å². The number of aliphatic hydroxyl groups excluding tert-OH is 1. The Hall–Kier alpha value is -2.66. The van der Waals surface area contributed by atoms with Gasteiger partial charge in [-0.3, -0.25) is 4.79 Å². The van der Waals surface area contributed by atoms with Crippen LogP contribution in [0, 0.1) is 12.7 Å². The van der Waals surface area contributed by atoms with Crippen LogP contribution in [0.1, 0.15) is 51.3 Å². The molecular formula is C24H27FO4. The topological polar surface area (TPSA) is 55.8 Å². The number of ketones is 1. The summed E-state index contributed by atoms with van der Waals surface area (Å²) in [5.41, 5.74) is 0.366. The lowest BCUT2D eigenvalue weighted by Crippen LogP contribution is -2.49. The lowest BCUT2D eigenvalue weighted by Gasteiger charge is -2.40. The van der Waals surface area contributed by atoms with Crippen LogP contribution in [0.2, 0.25) is 0 Å². The zero-order valence-corrected chi connectivity index (χ0v) is 17.7. The van der Waals surface area contributed by atoms with E-state index in [2.05, 4.69) is 0 Å². The van der Waals surface area contributed by atoms with Gasteiger partial charge in [0.1, 0.15) is 22.7 Å². The van der Waals surface area contributed by atoms with E-state index in [0.29, 0.717) is 17.7 Å². The van der Waals surface area contributed by atoms with E-state index in [1.54, 1.807) is 58.9 Å².